The van der Waals surface area contributed by atoms with Crippen LogP contribution in [0.25, 0.3) is 0 Å². The van der Waals surface area contributed by atoms with Crippen molar-refractivity contribution in [2.75, 3.05) is 23.8 Å². The minimum Gasteiger partial charge on any atom is -0.354 e. The van der Waals surface area contributed by atoms with E-state index < -0.39 is 0 Å². The van der Waals surface area contributed by atoms with Crippen LogP contribution >= 0.6 is 11.6 Å². The molecule has 0 saturated heterocycles. The number of rotatable bonds is 6. The lowest BCUT2D eigenvalue weighted by Gasteiger charge is -2.19. The normalized spacial score (nSPS) is 10.5. The molecule has 1 heterocycles. The van der Waals surface area contributed by atoms with Crippen LogP contribution in [-0.4, -0.2) is 28.5 Å². The molecule has 0 amide bonds. The largest absolute Gasteiger partial charge is 0.354 e. The van der Waals surface area contributed by atoms with Crippen LogP contribution in [0.2, 0.25) is 5.28 Å². The average molecular weight is 306 g/mol. The maximum absolute atomic E-state index is 5.98. The molecular formula is C15H20ClN5. The number of benzene rings is 1. The molecule has 0 aliphatic rings. The molecule has 0 fully saturated rings. The number of halogens is 1. The molecule has 5 nitrogen and oxygen atoms in total. The van der Waals surface area contributed by atoms with Crippen LogP contribution in [0.1, 0.15) is 24.5 Å². The maximum Gasteiger partial charge on any atom is 0.231 e. The van der Waals surface area contributed by atoms with E-state index >= 15 is 0 Å². The fourth-order valence-corrected chi connectivity index (χ4v) is 2.10. The Kier molecular flexibility index (Phi) is 5.33. The minimum atomic E-state index is 0.204. The van der Waals surface area contributed by atoms with Gasteiger partial charge in [-0.05, 0) is 36.1 Å². The summed E-state index contributed by atoms with van der Waals surface area (Å²) in [6.45, 7) is 5.71. The molecule has 0 spiro atoms. The van der Waals surface area contributed by atoms with E-state index in [9.17, 15) is 0 Å². The van der Waals surface area contributed by atoms with Gasteiger partial charge in [0, 0.05) is 20.1 Å². The summed E-state index contributed by atoms with van der Waals surface area (Å²) < 4.78 is 0. The predicted octanol–water partition coefficient (Wildman–Crippen LogP) is 3.29. The van der Waals surface area contributed by atoms with Gasteiger partial charge in [-0.15, -0.1) is 0 Å². The second-order valence-corrected chi connectivity index (χ2v) is 5.28. The number of aryl methyl sites for hydroxylation is 1. The second kappa shape index (κ2) is 7.22. The highest BCUT2D eigenvalue weighted by atomic mass is 35.5. The molecule has 2 aromatic rings. The van der Waals surface area contributed by atoms with E-state index in [1.807, 2.05) is 24.1 Å². The standard InChI is InChI=1S/C15H20ClN5/c1-4-9-17-14-18-13(16)19-15(20-14)21(3)10-12-8-6-5-7-11(12)2/h5-8H,4,9-10H2,1-3H3,(H,17,18,19,20). The molecular weight excluding hydrogens is 286 g/mol. The van der Waals surface area contributed by atoms with Crippen molar-refractivity contribution in [3.63, 3.8) is 0 Å². The molecule has 0 aliphatic carbocycles. The summed E-state index contributed by atoms with van der Waals surface area (Å²) in [7, 11) is 1.95. The number of anilines is 2. The van der Waals surface area contributed by atoms with Gasteiger partial charge in [0.25, 0.3) is 0 Å². The van der Waals surface area contributed by atoms with Crippen molar-refractivity contribution >= 4 is 23.5 Å². The molecule has 0 atom stereocenters. The van der Waals surface area contributed by atoms with Crippen molar-refractivity contribution in [1.29, 1.82) is 0 Å². The zero-order valence-corrected chi connectivity index (χ0v) is 13.4. The Morgan fingerprint density at radius 1 is 1.19 bits per heavy atom. The molecule has 1 N–H and O–H groups in total. The van der Waals surface area contributed by atoms with Crippen LogP contribution in [0.4, 0.5) is 11.9 Å². The van der Waals surface area contributed by atoms with E-state index in [0.29, 0.717) is 11.9 Å². The van der Waals surface area contributed by atoms with E-state index in [2.05, 4.69) is 46.2 Å². The van der Waals surface area contributed by atoms with Crippen LogP contribution in [0.5, 0.6) is 0 Å². The van der Waals surface area contributed by atoms with Crippen LogP contribution in [-0.2, 0) is 6.54 Å². The first kappa shape index (κ1) is 15.5. The minimum absolute atomic E-state index is 0.204. The van der Waals surface area contributed by atoms with Crippen molar-refractivity contribution in [2.24, 2.45) is 0 Å². The first-order valence-electron chi connectivity index (χ1n) is 7.01. The summed E-state index contributed by atoms with van der Waals surface area (Å²) in [6.07, 6.45) is 0.998. The van der Waals surface area contributed by atoms with Gasteiger partial charge in [-0.3, -0.25) is 0 Å². The van der Waals surface area contributed by atoms with Gasteiger partial charge in [0.15, 0.2) is 0 Å². The highest BCUT2D eigenvalue weighted by molar-refractivity contribution is 6.28. The predicted molar refractivity (Wildman–Crippen MR) is 86.9 cm³/mol. The lowest BCUT2D eigenvalue weighted by Crippen LogP contribution is -2.21. The third-order valence-electron chi connectivity index (χ3n) is 3.14. The van der Waals surface area contributed by atoms with Crippen molar-refractivity contribution in [3.05, 3.63) is 40.7 Å². The third-order valence-corrected chi connectivity index (χ3v) is 3.31. The Labute approximate surface area is 130 Å². The Balaban J connectivity index is 2.16. The van der Waals surface area contributed by atoms with Gasteiger partial charge in [0.2, 0.25) is 17.2 Å². The quantitative estimate of drug-likeness (QED) is 0.887. The Hall–Kier alpha value is -1.88. The van der Waals surface area contributed by atoms with Crippen molar-refractivity contribution < 1.29 is 0 Å². The van der Waals surface area contributed by atoms with E-state index in [1.54, 1.807) is 0 Å². The number of aromatic nitrogens is 3. The fraction of sp³-hybridized carbons (Fsp3) is 0.400. The molecule has 112 valence electrons. The van der Waals surface area contributed by atoms with Crippen LogP contribution in [0.3, 0.4) is 0 Å². The molecule has 0 saturated carbocycles. The number of nitrogens with zero attached hydrogens (tertiary/aromatic N) is 4. The molecule has 2 rings (SSSR count). The van der Waals surface area contributed by atoms with E-state index in [0.717, 1.165) is 19.5 Å². The van der Waals surface area contributed by atoms with Gasteiger partial charge in [0.1, 0.15) is 0 Å². The number of nitrogens with one attached hydrogen (secondary N) is 1. The number of hydrogen-bond acceptors (Lipinski definition) is 5. The van der Waals surface area contributed by atoms with Crippen LogP contribution < -0.4 is 10.2 Å². The summed E-state index contributed by atoms with van der Waals surface area (Å²) in [6, 6.07) is 8.26. The van der Waals surface area contributed by atoms with Gasteiger partial charge in [-0.25, -0.2) is 0 Å². The molecule has 1 aromatic heterocycles. The summed E-state index contributed by atoms with van der Waals surface area (Å²) >= 11 is 5.98. The van der Waals surface area contributed by atoms with Gasteiger partial charge in [0.05, 0.1) is 0 Å². The third kappa shape index (κ3) is 4.29. The van der Waals surface area contributed by atoms with E-state index in [1.165, 1.54) is 11.1 Å². The van der Waals surface area contributed by atoms with Gasteiger partial charge in [-0.1, -0.05) is 31.2 Å². The molecule has 0 radical (unpaired) electrons. The zero-order chi connectivity index (χ0) is 15.2. The highest BCUT2D eigenvalue weighted by Gasteiger charge is 2.10. The smallest absolute Gasteiger partial charge is 0.231 e. The second-order valence-electron chi connectivity index (χ2n) is 4.94. The fourth-order valence-electron chi connectivity index (χ4n) is 1.94. The Morgan fingerprint density at radius 3 is 2.67 bits per heavy atom. The summed E-state index contributed by atoms with van der Waals surface area (Å²) in [5.74, 6) is 1.08. The van der Waals surface area contributed by atoms with Gasteiger partial charge in [-0.2, -0.15) is 15.0 Å². The maximum atomic E-state index is 5.98. The van der Waals surface area contributed by atoms with Crippen molar-refractivity contribution in [2.45, 2.75) is 26.8 Å². The zero-order valence-electron chi connectivity index (χ0n) is 12.6. The molecule has 21 heavy (non-hydrogen) atoms. The molecule has 0 aliphatic heterocycles. The molecule has 6 heteroatoms. The van der Waals surface area contributed by atoms with E-state index in [4.69, 9.17) is 11.6 Å². The first-order valence-corrected chi connectivity index (χ1v) is 7.39. The Morgan fingerprint density at radius 2 is 1.95 bits per heavy atom. The lowest BCUT2D eigenvalue weighted by molar-refractivity contribution is 0.843. The van der Waals surface area contributed by atoms with Crippen LogP contribution in [0.15, 0.2) is 24.3 Å². The topological polar surface area (TPSA) is 53.9 Å². The molecule has 0 bridgehead atoms. The van der Waals surface area contributed by atoms with Crippen LogP contribution in [0, 0.1) is 6.92 Å². The summed E-state index contributed by atoms with van der Waals surface area (Å²) in [5.41, 5.74) is 2.48. The highest BCUT2D eigenvalue weighted by Crippen LogP contribution is 2.16. The van der Waals surface area contributed by atoms with Gasteiger partial charge >= 0.3 is 0 Å². The summed E-state index contributed by atoms with van der Waals surface area (Å²) in [5, 5.41) is 3.34. The Bertz CT molecular complexity index is 602. The van der Waals surface area contributed by atoms with Crippen molar-refractivity contribution in [3.8, 4) is 0 Å². The monoisotopic (exact) mass is 305 g/mol. The molecule has 0 unspecified atom stereocenters. The SMILES string of the molecule is CCCNc1nc(Cl)nc(N(C)Cc2ccccc2C)n1. The van der Waals surface area contributed by atoms with Crippen molar-refractivity contribution in [1.82, 2.24) is 15.0 Å². The number of hydrogen-bond donors (Lipinski definition) is 1. The average Bonchev–Trinajstić information content (AvgIpc) is 2.47. The summed E-state index contributed by atoms with van der Waals surface area (Å²) in [4.78, 5) is 14.7. The van der Waals surface area contributed by atoms with Gasteiger partial charge < -0.3 is 10.2 Å². The first-order chi connectivity index (χ1) is 10.1. The molecule has 1 aromatic carbocycles. The lowest BCUT2D eigenvalue weighted by atomic mass is 10.1. The van der Waals surface area contributed by atoms with E-state index in [-0.39, 0.29) is 5.28 Å².